The maximum absolute atomic E-state index is 5.98. The lowest BCUT2D eigenvalue weighted by molar-refractivity contribution is 0.466. The largest absolute Gasteiger partial charge is 0.455 e. The Labute approximate surface area is 121 Å². The molecule has 0 saturated heterocycles. The number of benzene rings is 1. The molecular formula is C17H22N2O. The molecule has 1 aromatic heterocycles. The summed E-state index contributed by atoms with van der Waals surface area (Å²) < 4.78 is 5.98. The number of ether oxygens (including phenoxy) is 1. The van der Waals surface area contributed by atoms with E-state index in [1.807, 2.05) is 18.2 Å². The van der Waals surface area contributed by atoms with Crippen molar-refractivity contribution in [2.45, 2.75) is 39.8 Å². The van der Waals surface area contributed by atoms with Crippen LogP contribution in [0.1, 0.15) is 31.9 Å². The number of aromatic nitrogens is 1. The molecule has 3 heteroatoms. The van der Waals surface area contributed by atoms with Crippen molar-refractivity contribution in [2.75, 3.05) is 0 Å². The molecule has 0 spiro atoms. The first-order valence-corrected chi connectivity index (χ1v) is 7.12. The van der Waals surface area contributed by atoms with E-state index >= 15 is 0 Å². The van der Waals surface area contributed by atoms with Crippen LogP contribution in [0.3, 0.4) is 0 Å². The molecule has 0 aliphatic carbocycles. The summed E-state index contributed by atoms with van der Waals surface area (Å²) in [6.07, 6.45) is 4.58. The van der Waals surface area contributed by atoms with Gasteiger partial charge in [-0.3, -0.25) is 4.98 Å². The van der Waals surface area contributed by atoms with Crippen LogP contribution in [0.2, 0.25) is 0 Å². The van der Waals surface area contributed by atoms with Gasteiger partial charge in [-0.15, -0.1) is 0 Å². The van der Waals surface area contributed by atoms with Gasteiger partial charge in [0, 0.05) is 24.3 Å². The Kier molecular flexibility index (Phi) is 5.13. The first kappa shape index (κ1) is 14.5. The molecule has 0 amide bonds. The highest BCUT2D eigenvalue weighted by Gasteiger charge is 2.06. The minimum atomic E-state index is 0.444. The molecule has 0 aliphatic heterocycles. The molecule has 106 valence electrons. The Morgan fingerprint density at radius 2 is 2.10 bits per heavy atom. The zero-order valence-electron chi connectivity index (χ0n) is 12.4. The van der Waals surface area contributed by atoms with Gasteiger partial charge in [-0.25, -0.2) is 0 Å². The van der Waals surface area contributed by atoms with Crippen LogP contribution in [0.15, 0.2) is 42.7 Å². The van der Waals surface area contributed by atoms with Crippen molar-refractivity contribution in [3.8, 4) is 11.5 Å². The zero-order chi connectivity index (χ0) is 14.4. The smallest absolute Gasteiger partial charge is 0.150 e. The van der Waals surface area contributed by atoms with Gasteiger partial charge in [0.15, 0.2) is 0 Å². The van der Waals surface area contributed by atoms with Crippen molar-refractivity contribution in [3.05, 3.63) is 53.9 Å². The average molecular weight is 270 g/mol. The Hall–Kier alpha value is -1.87. The van der Waals surface area contributed by atoms with Gasteiger partial charge in [0.05, 0.1) is 6.20 Å². The van der Waals surface area contributed by atoms with Crippen molar-refractivity contribution in [1.29, 1.82) is 0 Å². The van der Waals surface area contributed by atoms with Crippen molar-refractivity contribution >= 4 is 0 Å². The monoisotopic (exact) mass is 270 g/mol. The molecule has 2 rings (SSSR count). The van der Waals surface area contributed by atoms with Crippen molar-refractivity contribution in [2.24, 2.45) is 0 Å². The van der Waals surface area contributed by atoms with E-state index in [0.29, 0.717) is 6.04 Å². The summed E-state index contributed by atoms with van der Waals surface area (Å²) >= 11 is 0. The van der Waals surface area contributed by atoms with Gasteiger partial charge in [-0.05, 0) is 30.2 Å². The quantitative estimate of drug-likeness (QED) is 0.863. The number of aryl methyl sites for hydroxylation is 1. The average Bonchev–Trinajstić information content (AvgIpc) is 2.46. The van der Waals surface area contributed by atoms with Crippen molar-refractivity contribution < 1.29 is 4.74 Å². The first-order chi connectivity index (χ1) is 9.69. The summed E-state index contributed by atoms with van der Waals surface area (Å²) in [5.74, 6) is 1.68. The normalized spacial score (nSPS) is 10.8. The number of hydrogen-bond acceptors (Lipinski definition) is 3. The summed E-state index contributed by atoms with van der Waals surface area (Å²) in [7, 11) is 0. The molecule has 1 heterocycles. The predicted molar refractivity (Wildman–Crippen MR) is 82.1 cm³/mol. The molecule has 3 nitrogen and oxygen atoms in total. The topological polar surface area (TPSA) is 34.1 Å². The van der Waals surface area contributed by atoms with Crippen molar-refractivity contribution in [1.82, 2.24) is 10.3 Å². The van der Waals surface area contributed by atoms with Crippen LogP contribution in [0.5, 0.6) is 11.5 Å². The molecule has 1 N–H and O–H groups in total. The molecule has 0 atom stereocenters. The molecule has 0 unspecified atom stereocenters. The summed E-state index contributed by atoms with van der Waals surface area (Å²) in [6.45, 7) is 7.18. The highest BCUT2D eigenvalue weighted by Crippen LogP contribution is 2.25. The Balaban J connectivity index is 2.15. The number of hydrogen-bond donors (Lipinski definition) is 1. The van der Waals surface area contributed by atoms with Gasteiger partial charge in [-0.1, -0.05) is 32.9 Å². The lowest BCUT2D eigenvalue weighted by atomic mass is 10.1. The van der Waals surface area contributed by atoms with Crippen LogP contribution in [0.25, 0.3) is 0 Å². The molecule has 2 aromatic rings. The van der Waals surface area contributed by atoms with Crippen LogP contribution in [0.4, 0.5) is 0 Å². The SMILES string of the molecule is CCc1cccc(Oc2cnccc2CNC(C)C)c1. The van der Waals surface area contributed by atoms with Crippen LogP contribution >= 0.6 is 0 Å². The standard InChI is InChI=1S/C17H22N2O/c1-4-14-6-5-7-16(10-14)20-17-12-18-9-8-15(17)11-19-13(2)3/h5-10,12-13,19H,4,11H2,1-3H3. The predicted octanol–water partition coefficient (Wildman–Crippen LogP) is 3.93. The van der Waals surface area contributed by atoms with Gasteiger partial charge >= 0.3 is 0 Å². The van der Waals surface area contributed by atoms with E-state index in [9.17, 15) is 0 Å². The molecule has 1 aromatic carbocycles. The van der Waals surface area contributed by atoms with Crippen LogP contribution in [0, 0.1) is 0 Å². The molecule has 0 aliphatic rings. The maximum Gasteiger partial charge on any atom is 0.150 e. The summed E-state index contributed by atoms with van der Waals surface area (Å²) in [6, 6.07) is 10.6. The van der Waals surface area contributed by atoms with Gasteiger partial charge in [0.1, 0.15) is 11.5 Å². The first-order valence-electron chi connectivity index (χ1n) is 7.12. The van der Waals surface area contributed by atoms with E-state index in [2.05, 4.69) is 43.2 Å². The minimum absolute atomic E-state index is 0.444. The third-order valence-corrected chi connectivity index (χ3v) is 3.11. The van der Waals surface area contributed by atoms with E-state index < -0.39 is 0 Å². The summed E-state index contributed by atoms with van der Waals surface area (Å²) in [5, 5.41) is 3.40. The van der Waals surface area contributed by atoms with Gasteiger partial charge in [0.2, 0.25) is 0 Å². The van der Waals surface area contributed by atoms with E-state index in [-0.39, 0.29) is 0 Å². The zero-order valence-corrected chi connectivity index (χ0v) is 12.4. The number of pyridine rings is 1. The highest BCUT2D eigenvalue weighted by molar-refractivity contribution is 5.37. The number of nitrogens with one attached hydrogen (secondary N) is 1. The Bertz CT molecular complexity index is 552. The third-order valence-electron chi connectivity index (χ3n) is 3.11. The summed E-state index contributed by atoms with van der Waals surface area (Å²) in [4.78, 5) is 4.16. The van der Waals surface area contributed by atoms with E-state index in [1.54, 1.807) is 12.4 Å². The van der Waals surface area contributed by atoms with E-state index in [0.717, 1.165) is 30.0 Å². The summed E-state index contributed by atoms with van der Waals surface area (Å²) in [5.41, 5.74) is 2.39. The fourth-order valence-corrected chi connectivity index (χ4v) is 1.92. The Morgan fingerprint density at radius 1 is 1.25 bits per heavy atom. The van der Waals surface area contributed by atoms with Gasteiger partial charge in [0.25, 0.3) is 0 Å². The third kappa shape index (κ3) is 4.07. The molecule has 0 bridgehead atoms. The second-order valence-corrected chi connectivity index (χ2v) is 5.12. The minimum Gasteiger partial charge on any atom is -0.455 e. The van der Waals surface area contributed by atoms with Gasteiger partial charge < -0.3 is 10.1 Å². The number of nitrogens with zero attached hydrogens (tertiary/aromatic N) is 1. The highest BCUT2D eigenvalue weighted by atomic mass is 16.5. The fraction of sp³-hybridized carbons (Fsp3) is 0.353. The Morgan fingerprint density at radius 3 is 2.85 bits per heavy atom. The molecule has 0 radical (unpaired) electrons. The van der Waals surface area contributed by atoms with E-state index in [4.69, 9.17) is 4.74 Å². The fourth-order valence-electron chi connectivity index (χ4n) is 1.92. The maximum atomic E-state index is 5.98. The number of rotatable bonds is 6. The molecule has 20 heavy (non-hydrogen) atoms. The lowest BCUT2D eigenvalue weighted by Gasteiger charge is -2.13. The molecule has 0 saturated carbocycles. The molecular weight excluding hydrogens is 248 g/mol. The van der Waals surface area contributed by atoms with E-state index in [1.165, 1.54) is 5.56 Å². The van der Waals surface area contributed by atoms with Gasteiger partial charge in [-0.2, -0.15) is 0 Å². The molecule has 0 fully saturated rings. The second-order valence-electron chi connectivity index (χ2n) is 5.12. The van der Waals surface area contributed by atoms with Crippen molar-refractivity contribution in [3.63, 3.8) is 0 Å². The van der Waals surface area contributed by atoms with Crippen LogP contribution in [-0.4, -0.2) is 11.0 Å². The van der Waals surface area contributed by atoms with Crippen LogP contribution in [-0.2, 0) is 13.0 Å². The lowest BCUT2D eigenvalue weighted by Crippen LogP contribution is -2.22. The van der Waals surface area contributed by atoms with Crippen LogP contribution < -0.4 is 10.1 Å². The second kappa shape index (κ2) is 7.06.